The van der Waals surface area contributed by atoms with Crippen molar-refractivity contribution in [2.24, 2.45) is 5.73 Å². The minimum absolute atomic E-state index is 0.0102. The van der Waals surface area contributed by atoms with Gasteiger partial charge in [0.25, 0.3) is 5.91 Å². The van der Waals surface area contributed by atoms with Crippen molar-refractivity contribution in [1.29, 1.82) is 0 Å². The first-order valence-electron chi connectivity index (χ1n) is 8.07. The predicted octanol–water partition coefficient (Wildman–Crippen LogP) is 1.23. The van der Waals surface area contributed by atoms with Crippen molar-refractivity contribution in [3.63, 3.8) is 0 Å². The fourth-order valence-electron chi connectivity index (χ4n) is 2.48. The normalized spacial score (nSPS) is 12.9. The number of nitrogens with two attached hydrogens (primary N) is 1. The molecule has 1 atom stereocenters. The molecule has 0 unspecified atom stereocenters. The molecule has 0 saturated carbocycles. The second-order valence-electron chi connectivity index (χ2n) is 6.01. The minimum atomic E-state index is -4.93. The predicted molar refractivity (Wildman–Crippen MR) is 106 cm³/mol. The largest absolute Gasteiger partial charge is 0.416 e. The monoisotopic (exact) mass is 557 g/mol. The number of hydrogen-bond donors (Lipinski definition) is 2. The van der Waals surface area contributed by atoms with Gasteiger partial charge in [0.2, 0.25) is 5.82 Å². The van der Waals surface area contributed by atoms with Crippen LogP contribution >= 0.6 is 34.5 Å². The number of carbonyl (C=O) groups excluding carboxylic acids is 1. The van der Waals surface area contributed by atoms with Crippen LogP contribution in [0.4, 0.5) is 13.2 Å². The summed E-state index contributed by atoms with van der Waals surface area (Å²) in [5.41, 5.74) is 4.53. The van der Waals surface area contributed by atoms with Crippen LogP contribution in [0, 0.1) is 0 Å². The summed E-state index contributed by atoms with van der Waals surface area (Å²) in [4.78, 5) is 27.9. The van der Waals surface area contributed by atoms with Crippen molar-refractivity contribution in [3.8, 4) is 11.4 Å². The van der Waals surface area contributed by atoms with Gasteiger partial charge in [-0.05, 0) is 24.3 Å². The summed E-state index contributed by atoms with van der Waals surface area (Å²) in [7, 11) is 0. The van der Waals surface area contributed by atoms with Gasteiger partial charge < -0.3 is 10.8 Å². The smallest absolute Gasteiger partial charge is 0.382 e. The number of alkyl halides is 3. The SMILES string of the molecule is NC(=O)c1nc(Cn2nc(-c3ccc(Cl)cc3)n(C[C@H](O)C(F)(F)F)c2=O)nn1I. The van der Waals surface area contributed by atoms with E-state index in [0.717, 1.165) is 7.58 Å². The van der Waals surface area contributed by atoms with E-state index in [1.807, 2.05) is 0 Å². The van der Waals surface area contributed by atoms with Gasteiger partial charge >= 0.3 is 11.9 Å². The van der Waals surface area contributed by atoms with Gasteiger partial charge in [0.05, 0.1) is 29.4 Å². The van der Waals surface area contributed by atoms with Crippen LogP contribution < -0.4 is 11.4 Å². The highest BCUT2D eigenvalue weighted by Crippen LogP contribution is 2.24. The van der Waals surface area contributed by atoms with E-state index in [1.165, 1.54) is 24.3 Å². The van der Waals surface area contributed by atoms with Crippen LogP contribution in [0.3, 0.4) is 0 Å². The molecule has 0 aliphatic heterocycles. The van der Waals surface area contributed by atoms with Crippen molar-refractivity contribution in [2.75, 3.05) is 0 Å². The first-order chi connectivity index (χ1) is 14.0. The molecule has 1 amide bonds. The van der Waals surface area contributed by atoms with E-state index in [4.69, 9.17) is 17.3 Å². The molecule has 0 saturated heterocycles. The molecule has 30 heavy (non-hydrogen) atoms. The average Bonchev–Trinajstić information content (AvgIpc) is 3.16. The molecule has 2 aromatic heterocycles. The van der Waals surface area contributed by atoms with Crippen molar-refractivity contribution in [1.82, 2.24) is 27.3 Å². The topological polar surface area (TPSA) is 134 Å². The second-order valence-corrected chi connectivity index (χ2v) is 7.37. The van der Waals surface area contributed by atoms with Gasteiger partial charge in [-0.15, -0.1) is 10.2 Å². The molecule has 0 radical (unpaired) electrons. The van der Waals surface area contributed by atoms with Crippen molar-refractivity contribution in [3.05, 3.63) is 51.4 Å². The molecular formula is C15H12ClF3IN7O3. The van der Waals surface area contributed by atoms with Gasteiger partial charge in [-0.25, -0.2) is 14.5 Å². The summed E-state index contributed by atoms with van der Waals surface area (Å²) in [5, 5.41) is 17.8. The minimum Gasteiger partial charge on any atom is -0.382 e. The molecule has 3 rings (SSSR count). The number of benzene rings is 1. The first kappa shape index (κ1) is 22.2. The van der Waals surface area contributed by atoms with Gasteiger partial charge in [0.1, 0.15) is 6.54 Å². The number of primary amides is 1. The highest BCUT2D eigenvalue weighted by atomic mass is 127. The van der Waals surface area contributed by atoms with Crippen LogP contribution in [0.1, 0.15) is 16.4 Å². The van der Waals surface area contributed by atoms with Crippen LogP contribution in [-0.2, 0) is 13.1 Å². The molecule has 0 aliphatic rings. The Morgan fingerprint density at radius 2 is 1.90 bits per heavy atom. The molecule has 0 aliphatic carbocycles. The van der Waals surface area contributed by atoms with E-state index in [1.54, 1.807) is 22.9 Å². The number of amides is 1. The molecule has 3 N–H and O–H groups in total. The summed E-state index contributed by atoms with van der Waals surface area (Å²) in [6.45, 7) is -1.41. The Kier molecular flexibility index (Phi) is 6.19. The summed E-state index contributed by atoms with van der Waals surface area (Å²) in [6.07, 6.45) is -7.72. The zero-order valence-corrected chi connectivity index (χ0v) is 17.6. The van der Waals surface area contributed by atoms with E-state index in [2.05, 4.69) is 15.2 Å². The molecule has 0 fully saturated rings. The molecule has 0 bridgehead atoms. The van der Waals surface area contributed by atoms with Gasteiger partial charge in [-0.1, -0.05) is 11.6 Å². The van der Waals surface area contributed by atoms with Crippen molar-refractivity contribution < 1.29 is 23.1 Å². The lowest BCUT2D eigenvalue weighted by atomic mass is 10.2. The number of halogens is 5. The summed E-state index contributed by atoms with van der Waals surface area (Å²) >= 11 is 7.48. The molecule has 0 spiro atoms. The van der Waals surface area contributed by atoms with Gasteiger partial charge in [0, 0.05) is 10.6 Å². The summed E-state index contributed by atoms with van der Waals surface area (Å²) in [5.74, 6) is -1.16. The van der Waals surface area contributed by atoms with Crippen LogP contribution in [0.5, 0.6) is 0 Å². The Labute approximate surface area is 184 Å². The second kappa shape index (κ2) is 8.35. The lowest BCUT2D eigenvalue weighted by Crippen LogP contribution is -2.37. The average molecular weight is 558 g/mol. The van der Waals surface area contributed by atoms with Crippen molar-refractivity contribution in [2.45, 2.75) is 25.4 Å². The van der Waals surface area contributed by atoms with Crippen molar-refractivity contribution >= 4 is 40.4 Å². The maximum atomic E-state index is 12.9. The van der Waals surface area contributed by atoms with E-state index in [0.29, 0.717) is 15.2 Å². The third-order valence-electron chi connectivity index (χ3n) is 3.88. The van der Waals surface area contributed by atoms with Gasteiger partial charge in [0.15, 0.2) is 17.8 Å². The highest BCUT2D eigenvalue weighted by Gasteiger charge is 2.39. The zero-order valence-electron chi connectivity index (χ0n) is 14.7. The third-order valence-corrected chi connectivity index (χ3v) is 4.81. The molecule has 10 nitrogen and oxygen atoms in total. The Bertz CT molecular complexity index is 1140. The van der Waals surface area contributed by atoms with E-state index in [-0.39, 0.29) is 24.0 Å². The fraction of sp³-hybridized carbons (Fsp3) is 0.267. The number of carbonyl (C=O) groups is 1. The highest BCUT2D eigenvalue weighted by molar-refractivity contribution is 14.1. The molecule has 1 aromatic carbocycles. The quantitative estimate of drug-likeness (QED) is 0.438. The Morgan fingerprint density at radius 1 is 1.27 bits per heavy atom. The van der Waals surface area contributed by atoms with E-state index >= 15 is 0 Å². The van der Waals surface area contributed by atoms with Gasteiger partial charge in [-0.2, -0.15) is 16.1 Å². The van der Waals surface area contributed by atoms with E-state index < -0.39 is 30.4 Å². The molecule has 160 valence electrons. The zero-order chi connectivity index (χ0) is 22.2. The molecule has 2 heterocycles. The Morgan fingerprint density at radius 3 is 2.43 bits per heavy atom. The summed E-state index contributed by atoms with van der Waals surface area (Å²) < 4.78 is 41.1. The first-order valence-corrected chi connectivity index (χ1v) is 9.42. The number of rotatable bonds is 6. The van der Waals surface area contributed by atoms with Crippen LogP contribution in [0.25, 0.3) is 11.4 Å². The number of nitrogens with zero attached hydrogens (tertiary/aromatic N) is 6. The molecule has 3 aromatic rings. The maximum absolute atomic E-state index is 12.9. The summed E-state index contributed by atoms with van der Waals surface area (Å²) in [6, 6.07) is 5.88. The molecular weight excluding hydrogens is 546 g/mol. The number of hydrogen-bond acceptors (Lipinski definition) is 6. The fourth-order valence-corrected chi connectivity index (χ4v) is 3.20. The molecule has 15 heteroatoms. The Balaban J connectivity index is 2.05. The number of aliphatic hydroxyl groups excluding tert-OH is 1. The van der Waals surface area contributed by atoms with Crippen LogP contribution in [0.15, 0.2) is 29.1 Å². The third kappa shape index (κ3) is 4.65. The number of aromatic nitrogens is 6. The van der Waals surface area contributed by atoms with Gasteiger partial charge in [-0.3, -0.25) is 9.36 Å². The number of aliphatic hydroxyl groups is 1. The maximum Gasteiger partial charge on any atom is 0.416 e. The van der Waals surface area contributed by atoms with Crippen LogP contribution in [-0.4, -0.2) is 50.6 Å². The lowest BCUT2D eigenvalue weighted by Gasteiger charge is -2.15. The lowest BCUT2D eigenvalue weighted by molar-refractivity contribution is -0.207. The van der Waals surface area contributed by atoms with E-state index in [9.17, 15) is 27.9 Å². The van der Waals surface area contributed by atoms with Crippen LogP contribution in [0.2, 0.25) is 5.02 Å². The Hall–Kier alpha value is -2.46. The standard InChI is InChI=1S/C15H12ClF3IN7O3/c16-8-3-1-7(2-4-8)12-24-26(6-10-22-13(11(21)29)27(20)23-10)14(30)25(12)5-9(28)15(17,18)19/h1-4,9,28H,5-6H2,(H2,21,29)/t9-/m0/s1.